The van der Waals surface area contributed by atoms with Crippen LogP contribution in [-0.4, -0.2) is 30.9 Å². The van der Waals surface area contributed by atoms with E-state index >= 15 is 0 Å². The highest BCUT2D eigenvalue weighted by Gasteiger charge is 2.13. The lowest BCUT2D eigenvalue weighted by Gasteiger charge is -2.09. The number of rotatable bonds is 8. The van der Waals surface area contributed by atoms with Crippen LogP contribution in [0.5, 0.6) is 5.75 Å². The fraction of sp³-hybridized carbons (Fsp3) is 0.0435. The number of para-hydroxylation sites is 1. The predicted molar refractivity (Wildman–Crippen MR) is 136 cm³/mol. The Morgan fingerprint density at radius 2 is 1.24 bits per heavy atom. The summed E-state index contributed by atoms with van der Waals surface area (Å²) in [5.74, 6) is -0.929. The summed E-state index contributed by atoms with van der Waals surface area (Å²) in [5.41, 5.74) is 5.78. The van der Waals surface area contributed by atoms with Crippen molar-refractivity contribution in [1.29, 1.82) is 0 Å². The number of hydrazone groups is 2. The van der Waals surface area contributed by atoms with E-state index in [2.05, 4.69) is 21.1 Å². The number of carbonyl (C=O) groups excluding carboxylic acids is 2. The van der Waals surface area contributed by atoms with Crippen LogP contribution in [0.3, 0.4) is 0 Å². The molecule has 0 fully saturated rings. The first-order valence-electron chi connectivity index (χ1n) is 9.62. The summed E-state index contributed by atoms with van der Waals surface area (Å²) in [4.78, 5) is 24.6. The monoisotopic (exact) mass is 536 g/mol. The average molecular weight is 538 g/mol. The molecule has 0 aliphatic carbocycles. The molecule has 0 bridgehead atoms. The zero-order valence-corrected chi connectivity index (χ0v) is 20.3. The molecular weight excluding hydrogens is 522 g/mol. The van der Waals surface area contributed by atoms with Crippen molar-refractivity contribution in [2.24, 2.45) is 10.2 Å². The zero-order chi connectivity index (χ0) is 24.5. The summed E-state index contributed by atoms with van der Waals surface area (Å²) >= 11 is 24.2. The number of hydrogen-bond donors (Lipinski definition) is 2. The number of amides is 2. The number of benzene rings is 3. The van der Waals surface area contributed by atoms with Crippen molar-refractivity contribution in [3.8, 4) is 5.75 Å². The van der Waals surface area contributed by atoms with E-state index in [1.54, 1.807) is 54.6 Å². The van der Waals surface area contributed by atoms with Gasteiger partial charge in [0.05, 0.1) is 38.1 Å². The van der Waals surface area contributed by atoms with E-state index in [0.717, 1.165) is 0 Å². The molecule has 174 valence electrons. The first-order chi connectivity index (χ1) is 16.4. The number of halogens is 4. The van der Waals surface area contributed by atoms with Crippen molar-refractivity contribution in [2.45, 2.75) is 0 Å². The van der Waals surface area contributed by atoms with Crippen molar-refractivity contribution in [3.63, 3.8) is 0 Å². The van der Waals surface area contributed by atoms with Gasteiger partial charge in [-0.05, 0) is 36.4 Å². The first-order valence-corrected chi connectivity index (χ1v) is 11.1. The minimum atomic E-state index is -0.555. The maximum absolute atomic E-state index is 12.5. The second-order valence-corrected chi connectivity index (χ2v) is 8.18. The van der Waals surface area contributed by atoms with Gasteiger partial charge in [0.15, 0.2) is 6.61 Å². The minimum Gasteiger partial charge on any atom is -0.483 e. The van der Waals surface area contributed by atoms with Gasteiger partial charge in [0.25, 0.3) is 11.8 Å². The van der Waals surface area contributed by atoms with Crippen LogP contribution in [-0.2, 0) is 4.79 Å². The topological polar surface area (TPSA) is 92.2 Å². The van der Waals surface area contributed by atoms with E-state index in [0.29, 0.717) is 31.2 Å². The fourth-order valence-corrected chi connectivity index (χ4v) is 3.60. The second-order valence-electron chi connectivity index (χ2n) is 6.55. The highest BCUT2D eigenvalue weighted by molar-refractivity contribution is 6.39. The van der Waals surface area contributed by atoms with Gasteiger partial charge in [-0.15, -0.1) is 0 Å². The van der Waals surface area contributed by atoms with Crippen LogP contribution in [0.4, 0.5) is 0 Å². The maximum atomic E-state index is 12.5. The number of ether oxygens (including phenoxy) is 1. The van der Waals surface area contributed by atoms with Gasteiger partial charge in [0, 0.05) is 11.1 Å². The minimum absolute atomic E-state index is 0.170. The molecule has 0 aliphatic rings. The number of carbonyl (C=O) groups is 2. The smallest absolute Gasteiger partial charge is 0.277 e. The second kappa shape index (κ2) is 12.4. The van der Waals surface area contributed by atoms with Crippen molar-refractivity contribution in [1.82, 2.24) is 10.9 Å². The van der Waals surface area contributed by atoms with Crippen LogP contribution in [0, 0.1) is 0 Å². The van der Waals surface area contributed by atoms with Gasteiger partial charge < -0.3 is 4.74 Å². The molecule has 2 N–H and O–H groups in total. The van der Waals surface area contributed by atoms with Gasteiger partial charge in [-0.2, -0.15) is 10.2 Å². The fourth-order valence-electron chi connectivity index (χ4n) is 2.61. The number of hydrogen-bond acceptors (Lipinski definition) is 5. The van der Waals surface area contributed by atoms with E-state index in [1.807, 2.05) is 0 Å². The molecule has 3 rings (SSSR count). The van der Waals surface area contributed by atoms with Crippen LogP contribution < -0.4 is 15.6 Å². The van der Waals surface area contributed by atoms with E-state index < -0.39 is 18.4 Å². The van der Waals surface area contributed by atoms with Gasteiger partial charge in [0.2, 0.25) is 0 Å². The summed E-state index contributed by atoms with van der Waals surface area (Å²) in [6, 6.07) is 16.4. The quantitative estimate of drug-likeness (QED) is 0.289. The van der Waals surface area contributed by atoms with Gasteiger partial charge in [-0.25, -0.2) is 10.9 Å². The number of nitrogens with zero attached hydrogens (tertiary/aromatic N) is 2. The Kier molecular flexibility index (Phi) is 9.30. The Morgan fingerprint density at radius 3 is 1.79 bits per heavy atom. The molecule has 0 radical (unpaired) electrons. The third-order valence-corrected chi connectivity index (χ3v) is 5.55. The number of nitrogens with one attached hydrogen (secondary N) is 2. The average Bonchev–Trinajstić information content (AvgIpc) is 2.81. The van der Waals surface area contributed by atoms with E-state index in [-0.39, 0.29) is 11.3 Å². The lowest BCUT2D eigenvalue weighted by Crippen LogP contribution is -2.26. The van der Waals surface area contributed by atoms with Crippen molar-refractivity contribution in [3.05, 3.63) is 97.4 Å². The van der Waals surface area contributed by atoms with Crippen LogP contribution in [0.1, 0.15) is 21.5 Å². The normalized spacial score (nSPS) is 11.1. The molecule has 0 aromatic heterocycles. The van der Waals surface area contributed by atoms with Crippen LogP contribution in [0.2, 0.25) is 20.1 Å². The lowest BCUT2D eigenvalue weighted by molar-refractivity contribution is -0.123. The molecule has 0 atom stereocenters. The van der Waals surface area contributed by atoms with Crippen molar-refractivity contribution in [2.75, 3.05) is 6.61 Å². The Hall–Kier alpha value is -3.10. The molecular formula is C23H16Cl4N4O3. The van der Waals surface area contributed by atoms with E-state index in [9.17, 15) is 9.59 Å². The zero-order valence-electron chi connectivity index (χ0n) is 17.3. The first kappa shape index (κ1) is 25.5. The summed E-state index contributed by atoms with van der Waals surface area (Å²) in [7, 11) is 0. The third kappa shape index (κ3) is 6.95. The maximum Gasteiger partial charge on any atom is 0.277 e. The molecule has 3 aromatic rings. The molecule has 2 amide bonds. The van der Waals surface area contributed by atoms with E-state index in [4.69, 9.17) is 51.1 Å². The largest absolute Gasteiger partial charge is 0.483 e. The molecule has 11 heteroatoms. The SMILES string of the molecule is O=C(COc1ccccc1C(=O)N/N=C\c1c(Cl)cccc1Cl)N/N=C\c1c(Cl)cccc1Cl. The molecule has 0 aliphatic heterocycles. The molecule has 0 heterocycles. The van der Waals surface area contributed by atoms with Crippen molar-refractivity contribution < 1.29 is 14.3 Å². The molecule has 0 saturated carbocycles. The summed E-state index contributed by atoms with van der Waals surface area (Å²) < 4.78 is 5.48. The van der Waals surface area contributed by atoms with Crippen LogP contribution in [0.15, 0.2) is 70.9 Å². The van der Waals surface area contributed by atoms with Gasteiger partial charge in [-0.3, -0.25) is 9.59 Å². The lowest BCUT2D eigenvalue weighted by atomic mass is 10.2. The summed E-state index contributed by atoms with van der Waals surface area (Å²) in [5, 5.41) is 9.27. The van der Waals surface area contributed by atoms with Crippen LogP contribution >= 0.6 is 46.4 Å². The van der Waals surface area contributed by atoms with E-state index in [1.165, 1.54) is 18.5 Å². The molecule has 3 aromatic carbocycles. The Bertz CT molecular complexity index is 1220. The predicted octanol–water partition coefficient (Wildman–Crippen LogP) is 5.59. The highest BCUT2D eigenvalue weighted by Crippen LogP contribution is 2.23. The Morgan fingerprint density at radius 1 is 0.735 bits per heavy atom. The molecule has 0 spiro atoms. The van der Waals surface area contributed by atoms with Crippen LogP contribution in [0.25, 0.3) is 0 Å². The Balaban J connectivity index is 1.58. The molecule has 34 heavy (non-hydrogen) atoms. The summed E-state index contributed by atoms with van der Waals surface area (Å²) in [6.45, 7) is -0.392. The summed E-state index contributed by atoms with van der Waals surface area (Å²) in [6.07, 6.45) is 2.66. The highest BCUT2D eigenvalue weighted by atomic mass is 35.5. The van der Waals surface area contributed by atoms with Gasteiger partial charge in [-0.1, -0.05) is 70.7 Å². The van der Waals surface area contributed by atoms with Crippen molar-refractivity contribution >= 4 is 70.6 Å². The molecule has 0 saturated heterocycles. The van der Waals surface area contributed by atoms with Gasteiger partial charge in [0.1, 0.15) is 5.75 Å². The Labute approximate surface area is 215 Å². The molecule has 7 nitrogen and oxygen atoms in total. The van der Waals surface area contributed by atoms with Gasteiger partial charge >= 0.3 is 0 Å². The standard InChI is InChI=1S/C23H16Cl4N4O3/c24-17-6-3-7-18(25)15(17)11-28-30-22(32)13-34-21-10-2-1-5-14(21)23(33)31-29-12-16-19(26)8-4-9-20(16)27/h1-12H,13H2,(H,30,32)(H,31,33)/b28-11-,29-12-. The third-order valence-electron chi connectivity index (χ3n) is 4.23. The molecule has 0 unspecified atom stereocenters.